The van der Waals surface area contributed by atoms with Crippen molar-refractivity contribution in [1.82, 2.24) is 10.2 Å². The Morgan fingerprint density at radius 3 is 2.67 bits per heavy atom. The van der Waals surface area contributed by atoms with Crippen LogP contribution in [0, 0.1) is 11.8 Å². The first-order valence-electron chi connectivity index (χ1n) is 8.46. The molecule has 4 heteroatoms. The van der Waals surface area contributed by atoms with Crippen LogP contribution >= 0.6 is 0 Å². The van der Waals surface area contributed by atoms with E-state index in [1.54, 1.807) is 0 Å². The Hall–Kier alpha value is -0.610. The highest BCUT2D eigenvalue weighted by atomic mass is 16.5. The molecule has 1 aliphatic heterocycles. The molecule has 0 radical (unpaired) electrons. The molecule has 1 aliphatic carbocycles. The molecule has 21 heavy (non-hydrogen) atoms. The summed E-state index contributed by atoms with van der Waals surface area (Å²) in [6, 6.07) is 1.10. The molecule has 0 spiro atoms. The Labute approximate surface area is 129 Å². The van der Waals surface area contributed by atoms with Gasteiger partial charge in [0, 0.05) is 18.6 Å². The number of hydrogen-bond acceptors (Lipinski definition) is 4. The van der Waals surface area contributed by atoms with Gasteiger partial charge in [0.15, 0.2) is 0 Å². The summed E-state index contributed by atoms with van der Waals surface area (Å²) in [5.41, 5.74) is -0.485. The maximum atomic E-state index is 12.3. The van der Waals surface area contributed by atoms with Gasteiger partial charge in [0.25, 0.3) is 0 Å². The topological polar surface area (TPSA) is 41.6 Å². The van der Waals surface area contributed by atoms with Crippen LogP contribution in [0.1, 0.15) is 52.9 Å². The molecule has 0 bridgehead atoms. The maximum Gasteiger partial charge on any atom is 0.326 e. The molecule has 1 N–H and O–H groups in total. The van der Waals surface area contributed by atoms with Gasteiger partial charge in [0.05, 0.1) is 7.11 Å². The SMILES string of the molecule is CNC1(C(=O)OC)CCCC(N2CC(C)CC(C)C2C)C1. The van der Waals surface area contributed by atoms with Crippen LogP contribution < -0.4 is 5.32 Å². The van der Waals surface area contributed by atoms with Crippen LogP contribution in [0.5, 0.6) is 0 Å². The van der Waals surface area contributed by atoms with E-state index in [-0.39, 0.29) is 5.97 Å². The Morgan fingerprint density at radius 2 is 2.05 bits per heavy atom. The fraction of sp³-hybridized carbons (Fsp3) is 0.941. The molecule has 0 aromatic rings. The van der Waals surface area contributed by atoms with Gasteiger partial charge in [-0.1, -0.05) is 13.8 Å². The van der Waals surface area contributed by atoms with Crippen LogP contribution in [0.15, 0.2) is 0 Å². The lowest BCUT2D eigenvalue weighted by Crippen LogP contribution is -2.60. The summed E-state index contributed by atoms with van der Waals surface area (Å²) in [5.74, 6) is 1.39. The lowest BCUT2D eigenvalue weighted by atomic mass is 9.76. The molecular formula is C17H32N2O2. The summed E-state index contributed by atoms with van der Waals surface area (Å²) in [6.07, 6.45) is 5.37. The minimum atomic E-state index is -0.485. The standard InChI is InChI=1S/C17H32N2O2/c1-12-9-13(2)14(3)19(11-12)15-7-6-8-17(10-15,18-4)16(20)21-5/h12-15,18H,6-11H2,1-5H3. The van der Waals surface area contributed by atoms with Gasteiger partial charge in [-0.3, -0.25) is 9.69 Å². The summed E-state index contributed by atoms with van der Waals surface area (Å²) < 4.78 is 5.07. The van der Waals surface area contributed by atoms with Gasteiger partial charge in [-0.2, -0.15) is 0 Å². The van der Waals surface area contributed by atoms with Crippen molar-refractivity contribution in [2.24, 2.45) is 11.8 Å². The van der Waals surface area contributed by atoms with Crippen LogP contribution in [0.4, 0.5) is 0 Å². The summed E-state index contributed by atoms with van der Waals surface area (Å²) in [7, 11) is 3.39. The summed E-state index contributed by atoms with van der Waals surface area (Å²) in [6.45, 7) is 8.23. The van der Waals surface area contributed by atoms with E-state index in [4.69, 9.17) is 4.74 Å². The van der Waals surface area contributed by atoms with Crippen molar-refractivity contribution in [1.29, 1.82) is 0 Å². The maximum absolute atomic E-state index is 12.3. The number of carbonyl (C=O) groups is 1. The van der Waals surface area contributed by atoms with Crippen molar-refractivity contribution in [3.63, 3.8) is 0 Å². The van der Waals surface area contributed by atoms with Gasteiger partial charge < -0.3 is 10.1 Å². The number of esters is 1. The molecule has 4 nitrogen and oxygen atoms in total. The molecule has 1 heterocycles. The Kier molecular flexibility index (Phi) is 5.31. The van der Waals surface area contributed by atoms with Crippen LogP contribution in [0.25, 0.3) is 0 Å². The molecule has 1 saturated heterocycles. The third-order valence-corrected chi connectivity index (χ3v) is 5.89. The Morgan fingerprint density at radius 1 is 1.33 bits per heavy atom. The largest absolute Gasteiger partial charge is 0.468 e. The fourth-order valence-corrected chi connectivity index (χ4v) is 4.48. The van der Waals surface area contributed by atoms with Crippen molar-refractivity contribution in [3.8, 4) is 0 Å². The van der Waals surface area contributed by atoms with Crippen molar-refractivity contribution >= 4 is 5.97 Å². The average molecular weight is 296 g/mol. The summed E-state index contributed by atoms with van der Waals surface area (Å²) in [5, 5.41) is 3.27. The smallest absolute Gasteiger partial charge is 0.326 e. The highest BCUT2D eigenvalue weighted by molar-refractivity contribution is 5.81. The molecule has 0 aromatic heterocycles. The third kappa shape index (κ3) is 3.26. The predicted octanol–water partition coefficient (Wildman–Crippen LogP) is 2.43. The molecule has 2 fully saturated rings. The van der Waals surface area contributed by atoms with Crippen LogP contribution in [0.2, 0.25) is 0 Å². The highest BCUT2D eigenvalue weighted by Gasteiger charge is 2.45. The number of hydrogen-bond donors (Lipinski definition) is 1. The molecule has 0 amide bonds. The number of ether oxygens (including phenoxy) is 1. The Bertz CT molecular complexity index is 374. The fourth-order valence-electron chi connectivity index (χ4n) is 4.48. The molecule has 0 aromatic carbocycles. The quantitative estimate of drug-likeness (QED) is 0.812. The highest BCUT2D eigenvalue weighted by Crippen LogP contribution is 2.37. The normalized spacial score (nSPS) is 41.8. The van der Waals surface area contributed by atoms with E-state index in [9.17, 15) is 4.79 Å². The number of nitrogens with zero attached hydrogens (tertiary/aromatic N) is 1. The average Bonchev–Trinajstić information content (AvgIpc) is 2.49. The van der Waals surface area contributed by atoms with E-state index < -0.39 is 5.54 Å². The zero-order chi connectivity index (χ0) is 15.6. The second-order valence-corrected chi connectivity index (χ2v) is 7.33. The second-order valence-electron chi connectivity index (χ2n) is 7.33. The van der Waals surface area contributed by atoms with Crippen molar-refractivity contribution in [2.75, 3.05) is 20.7 Å². The zero-order valence-corrected chi connectivity index (χ0v) is 14.3. The van der Waals surface area contributed by atoms with Gasteiger partial charge >= 0.3 is 5.97 Å². The molecular weight excluding hydrogens is 264 g/mol. The van der Waals surface area contributed by atoms with Gasteiger partial charge in [0.1, 0.15) is 5.54 Å². The first kappa shape index (κ1) is 16.8. The predicted molar refractivity (Wildman–Crippen MR) is 85.2 cm³/mol. The number of nitrogens with one attached hydrogen (secondary N) is 1. The number of piperidine rings is 1. The van der Waals surface area contributed by atoms with Crippen molar-refractivity contribution in [2.45, 2.75) is 70.5 Å². The van der Waals surface area contributed by atoms with Gasteiger partial charge in [-0.15, -0.1) is 0 Å². The van der Waals surface area contributed by atoms with Crippen LogP contribution in [0.3, 0.4) is 0 Å². The molecule has 5 unspecified atom stereocenters. The number of carbonyl (C=O) groups excluding carboxylic acids is 1. The van der Waals surface area contributed by atoms with E-state index in [1.807, 2.05) is 7.05 Å². The van der Waals surface area contributed by atoms with Gasteiger partial charge in [0.2, 0.25) is 0 Å². The number of likely N-dealkylation sites (tertiary alicyclic amines) is 1. The van der Waals surface area contributed by atoms with Gasteiger partial charge in [-0.25, -0.2) is 0 Å². The van der Waals surface area contributed by atoms with E-state index in [1.165, 1.54) is 20.0 Å². The van der Waals surface area contributed by atoms with Crippen LogP contribution in [-0.4, -0.2) is 49.2 Å². The summed E-state index contributed by atoms with van der Waals surface area (Å²) in [4.78, 5) is 14.9. The van der Waals surface area contributed by atoms with E-state index in [0.29, 0.717) is 12.1 Å². The lowest BCUT2D eigenvalue weighted by Gasteiger charge is -2.49. The number of rotatable bonds is 3. The number of likely N-dealkylation sites (N-methyl/N-ethyl adjacent to an activating group) is 1. The third-order valence-electron chi connectivity index (χ3n) is 5.89. The molecule has 2 rings (SSSR count). The Balaban J connectivity index is 2.14. The van der Waals surface area contributed by atoms with Crippen molar-refractivity contribution in [3.05, 3.63) is 0 Å². The lowest BCUT2D eigenvalue weighted by molar-refractivity contribution is -0.151. The van der Waals surface area contributed by atoms with Crippen molar-refractivity contribution < 1.29 is 9.53 Å². The molecule has 2 aliphatic rings. The monoisotopic (exact) mass is 296 g/mol. The summed E-state index contributed by atoms with van der Waals surface area (Å²) >= 11 is 0. The first-order chi connectivity index (χ1) is 9.93. The van der Waals surface area contributed by atoms with E-state index in [2.05, 4.69) is 31.0 Å². The van der Waals surface area contributed by atoms with E-state index in [0.717, 1.165) is 37.6 Å². The number of methoxy groups -OCH3 is 1. The molecule has 5 atom stereocenters. The zero-order valence-electron chi connectivity index (χ0n) is 14.3. The van der Waals surface area contributed by atoms with Crippen LogP contribution in [-0.2, 0) is 9.53 Å². The second kappa shape index (κ2) is 6.66. The molecule has 1 saturated carbocycles. The van der Waals surface area contributed by atoms with E-state index >= 15 is 0 Å². The first-order valence-corrected chi connectivity index (χ1v) is 8.46. The van der Waals surface area contributed by atoms with Gasteiger partial charge in [-0.05, 0) is 57.9 Å². The minimum Gasteiger partial charge on any atom is -0.468 e. The minimum absolute atomic E-state index is 0.0968. The molecule has 122 valence electrons.